The molecule has 0 saturated carbocycles. The minimum absolute atomic E-state index is 0.621. The predicted octanol–water partition coefficient (Wildman–Crippen LogP) is -0.303. The summed E-state index contributed by atoms with van der Waals surface area (Å²) in [7, 11) is 3.87. The van der Waals surface area contributed by atoms with Gasteiger partial charge >= 0.3 is 0 Å². The quantitative estimate of drug-likeness (QED) is 0.550. The minimum Gasteiger partial charge on any atom is -0.401 e. The van der Waals surface area contributed by atoms with Crippen molar-refractivity contribution in [2.24, 2.45) is 11.5 Å². The van der Waals surface area contributed by atoms with Gasteiger partial charge < -0.3 is 16.4 Å². The van der Waals surface area contributed by atoms with Gasteiger partial charge in [-0.05, 0) is 6.54 Å². The first kappa shape index (κ1) is 8.30. The molecule has 0 spiro atoms. The second-order valence-corrected chi connectivity index (χ2v) is 2.21. The smallest absolute Gasteiger partial charge is 0.0254 e. The van der Waals surface area contributed by atoms with Crippen LogP contribution in [0.1, 0.15) is 6.42 Å². The van der Waals surface area contributed by atoms with Crippen molar-refractivity contribution in [2.45, 2.75) is 6.42 Å². The summed E-state index contributed by atoms with van der Waals surface area (Å²) < 4.78 is 0. The molecule has 0 fully saturated rings. The van der Waals surface area contributed by atoms with E-state index in [4.69, 9.17) is 11.5 Å². The molecule has 0 aliphatic rings. The molecule has 3 heteroatoms. The molecule has 0 aromatic carbocycles. The Hall–Kier alpha value is -0.700. The first-order valence-corrected chi connectivity index (χ1v) is 2.99. The molecule has 0 aliphatic heterocycles. The van der Waals surface area contributed by atoms with Crippen molar-refractivity contribution >= 4 is 0 Å². The Morgan fingerprint density at radius 3 is 2.44 bits per heavy atom. The van der Waals surface area contributed by atoms with Crippen LogP contribution in [0.2, 0.25) is 0 Å². The van der Waals surface area contributed by atoms with E-state index in [0.29, 0.717) is 6.54 Å². The van der Waals surface area contributed by atoms with Gasteiger partial charge in [-0.1, -0.05) is 0 Å². The molecule has 4 N–H and O–H groups in total. The van der Waals surface area contributed by atoms with Crippen molar-refractivity contribution in [3.8, 4) is 0 Å². The van der Waals surface area contributed by atoms with Crippen molar-refractivity contribution in [2.75, 3.05) is 20.6 Å². The van der Waals surface area contributed by atoms with Gasteiger partial charge in [0.05, 0.1) is 0 Å². The summed E-state index contributed by atoms with van der Waals surface area (Å²) in [5, 5.41) is 0. The van der Waals surface area contributed by atoms with Crippen LogP contribution in [0.4, 0.5) is 0 Å². The monoisotopic (exact) mass is 129 g/mol. The maximum atomic E-state index is 5.52. The molecule has 9 heavy (non-hydrogen) atoms. The Kier molecular flexibility index (Phi) is 3.88. The van der Waals surface area contributed by atoms with Crippen LogP contribution in [-0.4, -0.2) is 25.5 Å². The van der Waals surface area contributed by atoms with E-state index in [0.717, 1.165) is 12.1 Å². The van der Waals surface area contributed by atoms with Gasteiger partial charge in [0.2, 0.25) is 0 Å². The third kappa shape index (κ3) is 5.17. The molecule has 0 heterocycles. The van der Waals surface area contributed by atoms with Gasteiger partial charge in [-0.15, -0.1) is 0 Å². The number of nitrogens with two attached hydrogens (primary N) is 2. The van der Waals surface area contributed by atoms with Gasteiger partial charge in [0.25, 0.3) is 0 Å². The summed E-state index contributed by atoms with van der Waals surface area (Å²) in [6.45, 7) is 0.621. The van der Waals surface area contributed by atoms with E-state index in [-0.39, 0.29) is 0 Å². The molecule has 0 atom stereocenters. The van der Waals surface area contributed by atoms with Crippen LogP contribution in [0.25, 0.3) is 0 Å². The normalized spacial score (nSPS) is 11.7. The van der Waals surface area contributed by atoms with Gasteiger partial charge in [0.1, 0.15) is 0 Å². The molecule has 0 unspecified atom stereocenters. The molecule has 0 amide bonds. The third-order valence-corrected chi connectivity index (χ3v) is 0.857. The van der Waals surface area contributed by atoms with Gasteiger partial charge in [-0.25, -0.2) is 0 Å². The Morgan fingerprint density at radius 1 is 1.56 bits per heavy atom. The SMILES string of the molecule is CN(C)/C=C(\N)CCN. The zero-order valence-electron chi connectivity index (χ0n) is 6.09. The summed E-state index contributed by atoms with van der Waals surface area (Å²) in [6, 6.07) is 0. The van der Waals surface area contributed by atoms with Gasteiger partial charge in [0.15, 0.2) is 0 Å². The van der Waals surface area contributed by atoms with Crippen LogP contribution < -0.4 is 11.5 Å². The van der Waals surface area contributed by atoms with Crippen LogP contribution in [0.15, 0.2) is 11.9 Å². The standard InChI is InChI=1S/C6H15N3/c1-9(2)5-6(8)3-4-7/h5H,3-4,7-8H2,1-2H3/b6-5-. The van der Waals surface area contributed by atoms with E-state index < -0.39 is 0 Å². The van der Waals surface area contributed by atoms with E-state index in [2.05, 4.69) is 0 Å². The molecule has 0 radical (unpaired) electrons. The average Bonchev–Trinajstić information content (AvgIpc) is 1.63. The third-order valence-electron chi connectivity index (χ3n) is 0.857. The maximum Gasteiger partial charge on any atom is 0.0254 e. The largest absolute Gasteiger partial charge is 0.401 e. The highest BCUT2D eigenvalue weighted by Crippen LogP contribution is 1.89. The Morgan fingerprint density at radius 2 is 2.11 bits per heavy atom. The van der Waals surface area contributed by atoms with E-state index in [1.807, 2.05) is 25.2 Å². The molecule has 3 nitrogen and oxygen atoms in total. The highest BCUT2D eigenvalue weighted by Gasteiger charge is 1.86. The lowest BCUT2D eigenvalue weighted by atomic mass is 10.3. The maximum absolute atomic E-state index is 5.52. The lowest BCUT2D eigenvalue weighted by Gasteiger charge is -2.06. The minimum atomic E-state index is 0.621. The number of nitrogens with zero attached hydrogens (tertiary/aromatic N) is 1. The zero-order chi connectivity index (χ0) is 7.28. The van der Waals surface area contributed by atoms with Crippen molar-refractivity contribution < 1.29 is 0 Å². The van der Waals surface area contributed by atoms with Crippen molar-refractivity contribution in [1.29, 1.82) is 0 Å². The second kappa shape index (κ2) is 4.21. The number of hydrogen-bond donors (Lipinski definition) is 2. The Balaban J connectivity index is 3.55. The van der Waals surface area contributed by atoms with Crippen LogP contribution in [0.5, 0.6) is 0 Å². The van der Waals surface area contributed by atoms with Crippen molar-refractivity contribution in [3.63, 3.8) is 0 Å². The first-order chi connectivity index (χ1) is 4.16. The van der Waals surface area contributed by atoms with Gasteiger partial charge in [-0.3, -0.25) is 0 Å². The van der Waals surface area contributed by atoms with Crippen LogP contribution in [0, 0.1) is 0 Å². The van der Waals surface area contributed by atoms with E-state index in [1.54, 1.807) is 0 Å². The number of rotatable bonds is 3. The second-order valence-electron chi connectivity index (χ2n) is 2.21. The fraction of sp³-hybridized carbons (Fsp3) is 0.667. The van der Waals surface area contributed by atoms with Crippen LogP contribution >= 0.6 is 0 Å². The van der Waals surface area contributed by atoms with Gasteiger partial charge in [0, 0.05) is 32.4 Å². The van der Waals surface area contributed by atoms with Crippen molar-refractivity contribution in [3.05, 3.63) is 11.9 Å². The molecule has 0 aliphatic carbocycles. The average molecular weight is 129 g/mol. The summed E-state index contributed by atoms with van der Waals surface area (Å²) in [5.41, 5.74) is 11.6. The highest BCUT2D eigenvalue weighted by molar-refractivity contribution is 4.94. The Labute approximate surface area is 56.3 Å². The molecule has 0 rings (SSSR count). The Bertz CT molecular complexity index is 96.5. The molecule has 0 aromatic heterocycles. The van der Waals surface area contributed by atoms with Gasteiger partial charge in [-0.2, -0.15) is 0 Å². The summed E-state index contributed by atoms with van der Waals surface area (Å²) >= 11 is 0. The summed E-state index contributed by atoms with van der Waals surface area (Å²) in [6.07, 6.45) is 2.64. The first-order valence-electron chi connectivity index (χ1n) is 2.99. The van der Waals surface area contributed by atoms with Crippen LogP contribution in [0.3, 0.4) is 0 Å². The highest BCUT2D eigenvalue weighted by atomic mass is 15.0. The topological polar surface area (TPSA) is 55.3 Å². The van der Waals surface area contributed by atoms with E-state index in [1.165, 1.54) is 0 Å². The molecule has 0 bridgehead atoms. The molecular formula is C6H15N3. The van der Waals surface area contributed by atoms with Crippen molar-refractivity contribution in [1.82, 2.24) is 4.90 Å². The lowest BCUT2D eigenvalue weighted by Crippen LogP contribution is -2.11. The van der Waals surface area contributed by atoms with E-state index in [9.17, 15) is 0 Å². The molecule has 54 valence electrons. The summed E-state index contributed by atoms with van der Waals surface area (Å²) in [5.74, 6) is 0. The fourth-order valence-electron chi connectivity index (χ4n) is 0.563. The fourth-order valence-corrected chi connectivity index (χ4v) is 0.563. The lowest BCUT2D eigenvalue weighted by molar-refractivity contribution is 0.554. The number of hydrogen-bond acceptors (Lipinski definition) is 3. The summed E-state index contributed by atoms with van der Waals surface area (Å²) in [4.78, 5) is 1.91. The van der Waals surface area contributed by atoms with E-state index >= 15 is 0 Å². The molecular weight excluding hydrogens is 114 g/mol. The van der Waals surface area contributed by atoms with Crippen LogP contribution in [-0.2, 0) is 0 Å². The zero-order valence-corrected chi connectivity index (χ0v) is 6.09. The predicted molar refractivity (Wildman–Crippen MR) is 39.6 cm³/mol. The molecule has 0 saturated heterocycles. The molecule has 0 aromatic rings.